The molecule has 0 unspecified atom stereocenters. The third-order valence-electron chi connectivity index (χ3n) is 3.10. The van der Waals surface area contributed by atoms with E-state index in [-0.39, 0.29) is 11.5 Å². The molecule has 0 atom stereocenters. The molecule has 4 heteroatoms. The van der Waals surface area contributed by atoms with Crippen LogP contribution in [0.2, 0.25) is 0 Å². The monoisotopic (exact) mass is 352 g/mol. The zero-order valence-corrected chi connectivity index (χ0v) is 13.5. The fraction of sp³-hybridized carbons (Fsp3) is 0.250. The molecule has 106 valence electrons. The van der Waals surface area contributed by atoms with E-state index in [0.717, 1.165) is 16.5 Å². The molecule has 0 aromatic heterocycles. The second kappa shape index (κ2) is 7.04. The summed E-state index contributed by atoms with van der Waals surface area (Å²) in [5.74, 6) is 0.326. The second-order valence-electron chi connectivity index (χ2n) is 4.77. The van der Waals surface area contributed by atoms with Gasteiger partial charge in [-0.15, -0.1) is 0 Å². The smallest absolute Gasteiger partial charge is 0.154 e. The van der Waals surface area contributed by atoms with E-state index in [4.69, 9.17) is 0 Å². The van der Waals surface area contributed by atoms with Crippen molar-refractivity contribution >= 4 is 25.8 Å². The summed E-state index contributed by atoms with van der Waals surface area (Å²) >= 11 is 3.39. The molecular formula is C16H17BrO2S. The molecule has 0 fully saturated rings. The second-order valence-corrected chi connectivity index (χ2v) is 7.81. The van der Waals surface area contributed by atoms with E-state index in [1.54, 1.807) is 0 Å². The third kappa shape index (κ3) is 4.76. The number of hydrogen-bond acceptors (Lipinski definition) is 2. The Balaban J connectivity index is 1.90. The van der Waals surface area contributed by atoms with Gasteiger partial charge in [-0.3, -0.25) is 0 Å². The van der Waals surface area contributed by atoms with Gasteiger partial charge in [-0.2, -0.15) is 0 Å². The summed E-state index contributed by atoms with van der Waals surface area (Å²) < 4.78 is 25.1. The Morgan fingerprint density at radius 1 is 0.900 bits per heavy atom. The van der Waals surface area contributed by atoms with Gasteiger partial charge in [0.25, 0.3) is 0 Å². The molecule has 2 aromatic carbocycles. The molecule has 0 aliphatic carbocycles. The lowest BCUT2D eigenvalue weighted by atomic mass is 10.1. The third-order valence-corrected chi connectivity index (χ3v) is 5.53. The summed E-state index contributed by atoms with van der Waals surface area (Å²) in [6.45, 7) is 0. The van der Waals surface area contributed by atoms with Crippen molar-refractivity contribution in [2.45, 2.75) is 18.6 Å². The van der Waals surface area contributed by atoms with Gasteiger partial charge in [-0.25, -0.2) is 8.42 Å². The minimum atomic E-state index is -3.06. The van der Waals surface area contributed by atoms with Gasteiger partial charge in [0.15, 0.2) is 9.84 Å². The zero-order valence-electron chi connectivity index (χ0n) is 11.1. The van der Waals surface area contributed by atoms with E-state index in [1.807, 2.05) is 54.6 Å². The van der Waals surface area contributed by atoms with Crippen LogP contribution in [0, 0.1) is 0 Å². The molecule has 0 bridgehead atoms. The van der Waals surface area contributed by atoms with Crippen molar-refractivity contribution in [2.24, 2.45) is 0 Å². The van der Waals surface area contributed by atoms with Gasteiger partial charge in [0.05, 0.1) is 11.5 Å². The van der Waals surface area contributed by atoms with Gasteiger partial charge in [0.2, 0.25) is 0 Å². The van der Waals surface area contributed by atoms with E-state index in [2.05, 4.69) is 15.9 Å². The number of rotatable bonds is 6. The number of hydrogen-bond donors (Lipinski definition) is 0. The van der Waals surface area contributed by atoms with Crippen molar-refractivity contribution in [1.82, 2.24) is 0 Å². The van der Waals surface area contributed by atoms with E-state index in [1.165, 1.54) is 5.56 Å². The predicted octanol–water partition coefficient (Wildman–Crippen LogP) is 4.00. The summed E-state index contributed by atoms with van der Waals surface area (Å²) in [4.78, 5) is 0. The quantitative estimate of drug-likeness (QED) is 0.787. The first-order valence-corrected chi connectivity index (χ1v) is 9.16. The molecule has 0 aliphatic rings. The van der Waals surface area contributed by atoms with Gasteiger partial charge in [0, 0.05) is 4.47 Å². The Labute approximate surface area is 128 Å². The van der Waals surface area contributed by atoms with Crippen LogP contribution in [0.25, 0.3) is 0 Å². The van der Waals surface area contributed by atoms with E-state index < -0.39 is 9.84 Å². The summed E-state index contributed by atoms with van der Waals surface area (Å²) in [5, 5.41) is 0. The standard InChI is InChI=1S/C16H17BrO2S/c17-16-11-5-4-10-15(16)13-20(18,19)12-6-9-14-7-2-1-3-8-14/h1-5,7-8,10-11H,6,9,12-13H2. The Morgan fingerprint density at radius 2 is 1.55 bits per heavy atom. The van der Waals surface area contributed by atoms with E-state index in [9.17, 15) is 8.42 Å². The van der Waals surface area contributed by atoms with Crippen LogP contribution in [0.15, 0.2) is 59.1 Å². The first kappa shape index (κ1) is 15.3. The highest BCUT2D eigenvalue weighted by atomic mass is 79.9. The molecular weight excluding hydrogens is 336 g/mol. The van der Waals surface area contributed by atoms with Crippen LogP contribution in [0.3, 0.4) is 0 Å². The van der Waals surface area contributed by atoms with Gasteiger partial charge < -0.3 is 0 Å². The van der Waals surface area contributed by atoms with Crippen LogP contribution in [-0.2, 0) is 22.0 Å². The maximum absolute atomic E-state index is 12.1. The molecule has 0 amide bonds. The number of halogens is 1. The SMILES string of the molecule is O=S(=O)(CCCc1ccccc1)Cc1ccccc1Br. The maximum Gasteiger partial charge on any atom is 0.154 e. The van der Waals surface area contributed by atoms with E-state index >= 15 is 0 Å². The fourth-order valence-electron chi connectivity index (χ4n) is 2.07. The lowest BCUT2D eigenvalue weighted by molar-refractivity contribution is 0.592. The summed E-state index contributed by atoms with van der Waals surface area (Å²) in [7, 11) is -3.06. The molecule has 20 heavy (non-hydrogen) atoms. The molecule has 2 nitrogen and oxygen atoms in total. The largest absolute Gasteiger partial charge is 0.228 e. The molecule has 0 N–H and O–H groups in total. The highest BCUT2D eigenvalue weighted by Gasteiger charge is 2.13. The number of sulfone groups is 1. The Kier molecular flexibility index (Phi) is 5.38. The van der Waals surface area contributed by atoms with Crippen LogP contribution >= 0.6 is 15.9 Å². The lowest BCUT2D eigenvalue weighted by Crippen LogP contribution is -2.10. The predicted molar refractivity (Wildman–Crippen MR) is 86.4 cm³/mol. The Hall–Kier alpha value is -1.13. The van der Waals surface area contributed by atoms with Crippen molar-refractivity contribution in [3.05, 3.63) is 70.2 Å². The van der Waals surface area contributed by atoms with Gasteiger partial charge in [-0.1, -0.05) is 64.5 Å². The lowest BCUT2D eigenvalue weighted by Gasteiger charge is -2.06. The molecule has 0 aliphatic heterocycles. The molecule has 0 saturated carbocycles. The minimum Gasteiger partial charge on any atom is -0.228 e. The van der Waals surface area contributed by atoms with Crippen molar-refractivity contribution < 1.29 is 8.42 Å². The molecule has 0 radical (unpaired) electrons. The average molecular weight is 353 g/mol. The normalized spacial score (nSPS) is 11.4. The van der Waals surface area contributed by atoms with Gasteiger partial charge in [-0.05, 0) is 30.0 Å². The van der Waals surface area contributed by atoms with Crippen molar-refractivity contribution in [3.63, 3.8) is 0 Å². The first-order valence-electron chi connectivity index (χ1n) is 6.54. The fourth-order valence-corrected chi connectivity index (χ4v) is 4.13. The minimum absolute atomic E-state index is 0.100. The van der Waals surface area contributed by atoms with E-state index in [0.29, 0.717) is 6.42 Å². The van der Waals surface area contributed by atoms with Crippen molar-refractivity contribution in [2.75, 3.05) is 5.75 Å². The summed E-state index contributed by atoms with van der Waals surface area (Å²) in [5.41, 5.74) is 2.01. The van der Waals surface area contributed by atoms with Crippen LogP contribution in [0.5, 0.6) is 0 Å². The number of benzene rings is 2. The Bertz CT molecular complexity index is 651. The van der Waals surface area contributed by atoms with Crippen molar-refractivity contribution in [1.29, 1.82) is 0 Å². The highest BCUT2D eigenvalue weighted by molar-refractivity contribution is 9.10. The molecule has 2 aromatic rings. The maximum atomic E-state index is 12.1. The zero-order chi connectivity index (χ0) is 14.4. The molecule has 0 saturated heterocycles. The summed E-state index contributed by atoms with van der Waals surface area (Å²) in [6, 6.07) is 17.4. The van der Waals surface area contributed by atoms with Gasteiger partial charge >= 0.3 is 0 Å². The highest BCUT2D eigenvalue weighted by Crippen LogP contribution is 2.19. The molecule has 0 spiro atoms. The number of aryl methyl sites for hydroxylation is 1. The van der Waals surface area contributed by atoms with Crippen LogP contribution < -0.4 is 0 Å². The summed E-state index contributed by atoms with van der Waals surface area (Å²) in [6.07, 6.45) is 1.47. The molecule has 0 heterocycles. The average Bonchev–Trinajstić information content (AvgIpc) is 2.42. The van der Waals surface area contributed by atoms with Crippen LogP contribution in [0.4, 0.5) is 0 Å². The Morgan fingerprint density at radius 3 is 2.25 bits per heavy atom. The topological polar surface area (TPSA) is 34.1 Å². The van der Waals surface area contributed by atoms with Crippen LogP contribution in [0.1, 0.15) is 17.5 Å². The van der Waals surface area contributed by atoms with Crippen molar-refractivity contribution in [3.8, 4) is 0 Å². The van der Waals surface area contributed by atoms with Crippen LogP contribution in [-0.4, -0.2) is 14.2 Å². The van der Waals surface area contributed by atoms with Gasteiger partial charge in [0.1, 0.15) is 0 Å². The first-order chi connectivity index (χ1) is 9.57. The molecule has 2 rings (SSSR count).